The highest BCUT2D eigenvalue weighted by molar-refractivity contribution is 7.10. The summed E-state index contributed by atoms with van der Waals surface area (Å²) in [6.07, 6.45) is 0.726. The Bertz CT molecular complexity index is 1200. The number of Topliss-reactive ketones (excluding diaryl/α,β-unsaturated/α-hetero) is 1. The number of halogens is 1. The van der Waals surface area contributed by atoms with Crippen LogP contribution in [0.25, 0.3) is 5.76 Å². The smallest absolute Gasteiger partial charge is 0.295 e. The number of ether oxygens (including phenoxy) is 1. The van der Waals surface area contributed by atoms with Gasteiger partial charge in [0.2, 0.25) is 0 Å². The fraction of sp³-hybridized carbons (Fsp3) is 0.167. The summed E-state index contributed by atoms with van der Waals surface area (Å²) in [5.74, 6) is -1.22. The molecule has 2 aromatic carbocycles. The minimum Gasteiger partial charge on any atom is -0.507 e. The van der Waals surface area contributed by atoms with Gasteiger partial charge in [0.15, 0.2) is 0 Å². The van der Waals surface area contributed by atoms with E-state index in [0.29, 0.717) is 17.7 Å². The molecule has 1 saturated heterocycles. The number of ketones is 1. The Morgan fingerprint density at radius 2 is 1.97 bits per heavy atom. The summed E-state index contributed by atoms with van der Waals surface area (Å²) in [6, 6.07) is 14.0. The minimum absolute atomic E-state index is 0.0634. The number of aliphatic hydroxyl groups excluding tert-OH is 1. The van der Waals surface area contributed by atoms with Gasteiger partial charge in [-0.05, 0) is 52.9 Å². The number of benzene rings is 2. The molecule has 0 aliphatic carbocycles. The first kappa shape index (κ1) is 19.5. The molecule has 3 heterocycles. The Balaban J connectivity index is 1.60. The van der Waals surface area contributed by atoms with Crippen molar-refractivity contribution in [2.75, 3.05) is 6.61 Å². The second kappa shape index (κ2) is 7.67. The fourth-order valence-corrected chi connectivity index (χ4v) is 4.91. The molecule has 1 fully saturated rings. The van der Waals surface area contributed by atoms with Crippen molar-refractivity contribution in [3.05, 3.63) is 92.9 Å². The second-order valence-electron chi connectivity index (χ2n) is 7.49. The quantitative estimate of drug-likeness (QED) is 0.374. The number of nitrogens with zero attached hydrogens (tertiary/aromatic N) is 1. The highest BCUT2D eigenvalue weighted by Crippen LogP contribution is 2.42. The monoisotopic (exact) mass is 435 g/mol. The van der Waals surface area contributed by atoms with Crippen molar-refractivity contribution in [2.45, 2.75) is 19.0 Å². The number of hydrogen-bond acceptors (Lipinski definition) is 5. The van der Waals surface area contributed by atoms with Crippen molar-refractivity contribution in [1.82, 2.24) is 4.90 Å². The van der Waals surface area contributed by atoms with Crippen LogP contribution in [0.4, 0.5) is 4.39 Å². The van der Waals surface area contributed by atoms with Crippen molar-refractivity contribution < 1.29 is 23.8 Å². The summed E-state index contributed by atoms with van der Waals surface area (Å²) >= 11 is 1.41. The van der Waals surface area contributed by atoms with E-state index in [1.807, 2.05) is 17.5 Å². The molecule has 3 aromatic rings. The van der Waals surface area contributed by atoms with E-state index in [0.717, 1.165) is 22.6 Å². The molecule has 1 amide bonds. The molecule has 1 aromatic heterocycles. The number of rotatable bonds is 4. The standard InChI is InChI=1S/C24H18FNO4S/c25-17-6-3-14(4-7-17)13-26-21(19-2-1-11-31-19)20(23(28)24(26)29)22(27)16-5-8-18-15(12-16)9-10-30-18/h1-8,11-12,21,27H,9-10,13H2/b22-20-. The van der Waals surface area contributed by atoms with Gasteiger partial charge in [-0.15, -0.1) is 11.3 Å². The molecule has 0 radical (unpaired) electrons. The lowest BCUT2D eigenvalue weighted by Crippen LogP contribution is -2.28. The average Bonchev–Trinajstić information content (AvgIpc) is 3.51. The molecule has 7 heteroatoms. The highest BCUT2D eigenvalue weighted by Gasteiger charge is 2.46. The number of amides is 1. The van der Waals surface area contributed by atoms with Crippen molar-refractivity contribution in [3.63, 3.8) is 0 Å². The summed E-state index contributed by atoms with van der Waals surface area (Å²) in [6.45, 7) is 0.707. The number of aliphatic hydroxyl groups is 1. The first-order chi connectivity index (χ1) is 15.0. The number of likely N-dealkylation sites (tertiary alicyclic amines) is 1. The molecule has 1 unspecified atom stereocenters. The zero-order valence-electron chi connectivity index (χ0n) is 16.4. The van der Waals surface area contributed by atoms with Gasteiger partial charge in [0.05, 0.1) is 18.2 Å². The molecule has 0 saturated carbocycles. The Labute approximate surface area is 182 Å². The minimum atomic E-state index is -0.727. The van der Waals surface area contributed by atoms with E-state index in [1.54, 1.807) is 30.3 Å². The van der Waals surface area contributed by atoms with Gasteiger partial charge in [0.1, 0.15) is 17.3 Å². The molecule has 1 N–H and O–H groups in total. The third-order valence-electron chi connectivity index (χ3n) is 5.58. The highest BCUT2D eigenvalue weighted by atomic mass is 32.1. The van der Waals surface area contributed by atoms with Crippen LogP contribution in [-0.4, -0.2) is 28.3 Å². The van der Waals surface area contributed by atoms with Gasteiger partial charge in [-0.2, -0.15) is 0 Å². The van der Waals surface area contributed by atoms with Crippen LogP contribution in [-0.2, 0) is 22.6 Å². The van der Waals surface area contributed by atoms with Gasteiger partial charge >= 0.3 is 0 Å². The SMILES string of the molecule is O=C1C(=O)N(Cc2ccc(F)cc2)C(c2cccs2)/C1=C(/O)c1ccc2c(c1)CCO2. The lowest BCUT2D eigenvalue weighted by Gasteiger charge is -2.24. The largest absolute Gasteiger partial charge is 0.507 e. The van der Waals surface area contributed by atoms with Crippen LogP contribution in [0, 0.1) is 5.82 Å². The Morgan fingerprint density at radius 1 is 1.16 bits per heavy atom. The van der Waals surface area contributed by atoms with Crippen LogP contribution in [0.1, 0.15) is 27.6 Å². The molecule has 0 spiro atoms. The van der Waals surface area contributed by atoms with Gasteiger partial charge in [-0.1, -0.05) is 18.2 Å². The third-order valence-corrected chi connectivity index (χ3v) is 6.51. The van der Waals surface area contributed by atoms with Crippen LogP contribution in [0.5, 0.6) is 5.75 Å². The van der Waals surface area contributed by atoms with Crippen LogP contribution >= 0.6 is 11.3 Å². The summed E-state index contributed by atoms with van der Waals surface area (Å²) in [7, 11) is 0. The lowest BCUT2D eigenvalue weighted by molar-refractivity contribution is -0.140. The van der Waals surface area contributed by atoms with E-state index in [-0.39, 0.29) is 23.7 Å². The van der Waals surface area contributed by atoms with Crippen molar-refractivity contribution in [1.29, 1.82) is 0 Å². The maximum atomic E-state index is 13.3. The first-order valence-electron chi connectivity index (χ1n) is 9.85. The molecule has 156 valence electrons. The van der Waals surface area contributed by atoms with Gasteiger partial charge in [-0.3, -0.25) is 9.59 Å². The van der Waals surface area contributed by atoms with Crippen LogP contribution in [0.2, 0.25) is 0 Å². The molecule has 2 aliphatic rings. The average molecular weight is 435 g/mol. The zero-order valence-corrected chi connectivity index (χ0v) is 17.2. The van der Waals surface area contributed by atoms with Crippen molar-refractivity contribution >= 4 is 28.8 Å². The van der Waals surface area contributed by atoms with Crippen molar-refractivity contribution in [2.24, 2.45) is 0 Å². The van der Waals surface area contributed by atoms with E-state index < -0.39 is 17.7 Å². The summed E-state index contributed by atoms with van der Waals surface area (Å²) in [5.41, 5.74) is 2.19. The van der Waals surface area contributed by atoms with Gasteiger partial charge in [0.25, 0.3) is 11.7 Å². The van der Waals surface area contributed by atoms with Crippen LogP contribution in [0.3, 0.4) is 0 Å². The maximum absolute atomic E-state index is 13.3. The number of thiophene rings is 1. The van der Waals surface area contributed by atoms with E-state index >= 15 is 0 Å². The van der Waals surface area contributed by atoms with E-state index in [1.165, 1.54) is 28.4 Å². The topological polar surface area (TPSA) is 66.8 Å². The van der Waals surface area contributed by atoms with E-state index in [9.17, 15) is 19.1 Å². The summed E-state index contributed by atoms with van der Waals surface area (Å²) in [4.78, 5) is 28.2. The lowest BCUT2D eigenvalue weighted by atomic mass is 9.98. The number of carbonyl (C=O) groups is 2. The van der Waals surface area contributed by atoms with Gasteiger partial charge < -0.3 is 14.7 Å². The normalized spacial score (nSPS) is 19.5. The van der Waals surface area contributed by atoms with Gasteiger partial charge in [-0.25, -0.2) is 4.39 Å². The van der Waals surface area contributed by atoms with Gasteiger partial charge in [0, 0.05) is 23.4 Å². The molecule has 5 rings (SSSR count). The zero-order chi connectivity index (χ0) is 21.5. The number of hydrogen-bond donors (Lipinski definition) is 1. The molecular weight excluding hydrogens is 417 g/mol. The molecule has 5 nitrogen and oxygen atoms in total. The third kappa shape index (κ3) is 3.41. The van der Waals surface area contributed by atoms with Crippen LogP contribution < -0.4 is 4.74 Å². The Morgan fingerprint density at radius 3 is 2.71 bits per heavy atom. The van der Waals surface area contributed by atoms with Crippen LogP contribution in [0.15, 0.2) is 65.6 Å². The van der Waals surface area contributed by atoms with E-state index in [4.69, 9.17) is 4.74 Å². The summed E-state index contributed by atoms with van der Waals surface area (Å²) in [5, 5.41) is 13.0. The maximum Gasteiger partial charge on any atom is 0.295 e. The fourth-order valence-electron chi connectivity index (χ4n) is 4.06. The molecule has 1 atom stereocenters. The van der Waals surface area contributed by atoms with Crippen molar-refractivity contribution in [3.8, 4) is 5.75 Å². The predicted octanol–water partition coefficient (Wildman–Crippen LogP) is 4.44. The molecule has 2 aliphatic heterocycles. The summed E-state index contributed by atoms with van der Waals surface area (Å²) < 4.78 is 18.8. The second-order valence-corrected chi connectivity index (χ2v) is 8.47. The number of fused-ring (bicyclic) bond motifs is 1. The van der Waals surface area contributed by atoms with E-state index in [2.05, 4.69) is 0 Å². The first-order valence-corrected chi connectivity index (χ1v) is 10.7. The molecular formula is C24H18FNO4S. The Kier molecular flexibility index (Phi) is 4.82. The Hall–Kier alpha value is -3.45. The molecule has 0 bridgehead atoms. The molecule has 31 heavy (non-hydrogen) atoms. The predicted molar refractivity (Wildman–Crippen MR) is 114 cm³/mol. The number of carbonyl (C=O) groups excluding carboxylic acids is 2.